The van der Waals surface area contributed by atoms with E-state index in [2.05, 4.69) is 25.6 Å². The number of aliphatic hydroxyl groups excluding tert-OH is 1. The van der Waals surface area contributed by atoms with Crippen LogP contribution >= 0.6 is 11.6 Å². The largest absolute Gasteiger partial charge is 0.394 e. The monoisotopic (exact) mass is 537 g/mol. The van der Waals surface area contributed by atoms with E-state index in [0.717, 1.165) is 5.56 Å². The lowest BCUT2D eigenvalue weighted by molar-refractivity contribution is -0.126. The van der Waals surface area contributed by atoms with Gasteiger partial charge in [-0.2, -0.15) is 0 Å². The van der Waals surface area contributed by atoms with Gasteiger partial charge in [-0.25, -0.2) is 15.0 Å². The number of nitrogens with zero attached hydrogens (tertiary/aromatic N) is 5. The van der Waals surface area contributed by atoms with Gasteiger partial charge in [-0.3, -0.25) is 9.59 Å². The minimum Gasteiger partial charge on any atom is -0.394 e. The number of benzene rings is 1. The van der Waals surface area contributed by atoms with E-state index in [0.29, 0.717) is 45.8 Å². The second-order valence-corrected chi connectivity index (χ2v) is 10.1. The van der Waals surface area contributed by atoms with Crippen LogP contribution < -0.4 is 15.5 Å². The zero-order chi connectivity index (χ0) is 27.6. The number of anilines is 2. The maximum Gasteiger partial charge on any atom is 0.255 e. The van der Waals surface area contributed by atoms with Gasteiger partial charge in [0.25, 0.3) is 5.91 Å². The van der Waals surface area contributed by atoms with Gasteiger partial charge in [-0.15, -0.1) is 0 Å². The fourth-order valence-electron chi connectivity index (χ4n) is 4.21. The van der Waals surface area contributed by atoms with E-state index in [4.69, 9.17) is 11.6 Å². The third kappa shape index (κ3) is 5.71. The average molecular weight is 538 g/mol. The highest BCUT2D eigenvalue weighted by atomic mass is 35.5. The van der Waals surface area contributed by atoms with Crippen LogP contribution in [0.1, 0.15) is 48.4 Å². The van der Waals surface area contributed by atoms with Crippen molar-refractivity contribution in [3.8, 4) is 11.3 Å². The molecule has 38 heavy (non-hydrogen) atoms. The fourth-order valence-corrected chi connectivity index (χ4v) is 4.41. The molecule has 0 saturated heterocycles. The van der Waals surface area contributed by atoms with E-state index in [1.165, 1.54) is 11.1 Å². The number of carbonyl (C=O) groups excluding carboxylic acids is 2. The molecule has 4 rings (SSSR count). The lowest BCUT2D eigenvalue weighted by Gasteiger charge is -2.26. The number of nitrogens with one attached hydrogen (secondary N) is 2. The molecule has 11 heteroatoms. The summed E-state index contributed by atoms with van der Waals surface area (Å²) in [6.45, 7) is 5.60. The maximum absolute atomic E-state index is 13.4. The lowest BCUT2D eigenvalue weighted by atomic mass is 10.0. The van der Waals surface area contributed by atoms with E-state index < -0.39 is 12.1 Å². The smallest absolute Gasteiger partial charge is 0.255 e. The highest BCUT2D eigenvalue weighted by Crippen LogP contribution is 2.32. The molecule has 0 fully saturated rings. The van der Waals surface area contributed by atoms with Gasteiger partial charge in [0, 0.05) is 37.8 Å². The van der Waals surface area contributed by atoms with Crippen molar-refractivity contribution in [1.29, 1.82) is 0 Å². The first kappa shape index (κ1) is 27.3. The van der Waals surface area contributed by atoms with Gasteiger partial charge in [0.2, 0.25) is 11.9 Å². The molecule has 1 aliphatic rings. The first-order chi connectivity index (χ1) is 18.1. The molecule has 3 heterocycles. The van der Waals surface area contributed by atoms with Crippen LogP contribution in [0.5, 0.6) is 0 Å². The summed E-state index contributed by atoms with van der Waals surface area (Å²) in [6.07, 6.45) is 1.53. The number of aliphatic hydroxyl groups is 1. The van der Waals surface area contributed by atoms with Gasteiger partial charge in [0.15, 0.2) is 0 Å². The molecule has 1 aromatic carbocycles. The zero-order valence-corrected chi connectivity index (χ0v) is 22.8. The van der Waals surface area contributed by atoms with E-state index >= 15 is 0 Å². The van der Waals surface area contributed by atoms with Gasteiger partial charge >= 0.3 is 0 Å². The van der Waals surface area contributed by atoms with Crippen LogP contribution in [0.3, 0.4) is 0 Å². The standard InChI is InChI=1S/C27H32ClN7O3/c1-15(2)30-27-29-12-20(28)24(33-27)17-9-10-18-13-35(26(38)19(18)11-17)16(3)25(37)32-22(14-36)21-7-6-8-23(31-21)34(4)5/h6-12,15-16,22,36H,13-14H2,1-5H3,(H,32,37)(H,29,30,33)/t16-,22-/m1/s1. The summed E-state index contributed by atoms with van der Waals surface area (Å²) in [5.41, 5.74) is 3.04. The molecule has 0 unspecified atom stereocenters. The van der Waals surface area contributed by atoms with Gasteiger partial charge in [0.05, 0.1) is 35.3 Å². The van der Waals surface area contributed by atoms with Crippen LogP contribution in [-0.4, -0.2) is 69.6 Å². The Morgan fingerprint density at radius 3 is 2.63 bits per heavy atom. The normalized spacial score (nSPS) is 14.3. The highest BCUT2D eigenvalue weighted by Gasteiger charge is 2.35. The van der Waals surface area contributed by atoms with Crippen molar-refractivity contribution in [2.45, 2.75) is 45.4 Å². The molecule has 2 amide bonds. The molecule has 3 N–H and O–H groups in total. The first-order valence-corrected chi connectivity index (χ1v) is 12.8. The van der Waals surface area contributed by atoms with Crippen LogP contribution in [0.25, 0.3) is 11.3 Å². The topological polar surface area (TPSA) is 124 Å². The summed E-state index contributed by atoms with van der Waals surface area (Å²) in [6, 6.07) is 9.55. The van der Waals surface area contributed by atoms with Crippen molar-refractivity contribution in [3.05, 3.63) is 64.4 Å². The summed E-state index contributed by atoms with van der Waals surface area (Å²) in [5.74, 6) is 0.511. The molecule has 10 nitrogen and oxygen atoms in total. The Morgan fingerprint density at radius 2 is 1.95 bits per heavy atom. The lowest BCUT2D eigenvalue weighted by Crippen LogP contribution is -2.47. The predicted octanol–water partition coefficient (Wildman–Crippen LogP) is 3.27. The maximum atomic E-state index is 13.4. The number of hydrogen-bond acceptors (Lipinski definition) is 8. The van der Waals surface area contributed by atoms with E-state index in [-0.39, 0.29) is 24.5 Å². The van der Waals surface area contributed by atoms with Crippen LogP contribution in [0, 0.1) is 0 Å². The number of fused-ring (bicyclic) bond motifs is 1. The molecule has 0 bridgehead atoms. The van der Waals surface area contributed by atoms with Crippen LogP contribution in [0.4, 0.5) is 11.8 Å². The Bertz CT molecular complexity index is 1350. The van der Waals surface area contributed by atoms with Crippen molar-refractivity contribution in [3.63, 3.8) is 0 Å². The zero-order valence-electron chi connectivity index (χ0n) is 22.1. The Labute approximate surface area is 227 Å². The summed E-state index contributed by atoms with van der Waals surface area (Å²) in [7, 11) is 3.73. The van der Waals surface area contributed by atoms with Crippen molar-refractivity contribution in [2.75, 3.05) is 30.9 Å². The molecule has 0 aliphatic carbocycles. The Hall–Kier alpha value is -3.76. The van der Waals surface area contributed by atoms with Crippen molar-refractivity contribution in [1.82, 2.24) is 25.2 Å². The Morgan fingerprint density at radius 1 is 1.18 bits per heavy atom. The minimum absolute atomic E-state index is 0.143. The van der Waals surface area contributed by atoms with Crippen molar-refractivity contribution in [2.24, 2.45) is 0 Å². The number of carbonyl (C=O) groups is 2. The number of pyridine rings is 1. The molecular formula is C27H32ClN7O3. The minimum atomic E-state index is -0.770. The van der Waals surface area contributed by atoms with E-state index in [1.54, 1.807) is 19.1 Å². The molecular weight excluding hydrogens is 506 g/mol. The molecule has 2 aromatic heterocycles. The molecule has 1 aliphatic heterocycles. The van der Waals surface area contributed by atoms with Gasteiger partial charge in [-0.05, 0) is 44.5 Å². The van der Waals surface area contributed by atoms with Crippen LogP contribution in [0.2, 0.25) is 5.02 Å². The van der Waals surface area contributed by atoms with Gasteiger partial charge < -0.3 is 25.5 Å². The third-order valence-corrected chi connectivity index (χ3v) is 6.57. The Kier molecular flexibility index (Phi) is 8.13. The number of rotatable bonds is 9. The molecule has 200 valence electrons. The van der Waals surface area contributed by atoms with E-state index in [1.807, 2.05) is 57.1 Å². The van der Waals surface area contributed by atoms with Gasteiger partial charge in [0.1, 0.15) is 11.9 Å². The SMILES string of the molecule is CC(C)Nc1ncc(Cl)c(-c2ccc3c(c2)C(=O)N([C@H](C)C(=O)N[C@H](CO)c2cccc(N(C)C)n2)C3)n1. The highest BCUT2D eigenvalue weighted by molar-refractivity contribution is 6.33. The van der Waals surface area contributed by atoms with Crippen molar-refractivity contribution >= 4 is 35.2 Å². The molecule has 0 saturated carbocycles. The van der Waals surface area contributed by atoms with Gasteiger partial charge in [-0.1, -0.05) is 29.8 Å². The van der Waals surface area contributed by atoms with E-state index in [9.17, 15) is 14.7 Å². The quantitative estimate of drug-likeness (QED) is 0.380. The number of hydrogen-bond donors (Lipinski definition) is 3. The summed E-state index contributed by atoms with van der Waals surface area (Å²) in [4.78, 5) is 43.1. The number of aromatic nitrogens is 3. The molecule has 3 aromatic rings. The first-order valence-electron chi connectivity index (χ1n) is 12.4. The summed E-state index contributed by atoms with van der Waals surface area (Å²) in [5, 5.41) is 16.3. The summed E-state index contributed by atoms with van der Waals surface area (Å²) < 4.78 is 0. The second-order valence-electron chi connectivity index (χ2n) is 9.73. The fraction of sp³-hybridized carbons (Fsp3) is 0.370. The van der Waals surface area contributed by atoms with Crippen LogP contribution in [0.15, 0.2) is 42.6 Å². The Balaban J connectivity index is 1.51. The second kappa shape index (κ2) is 11.3. The van der Waals surface area contributed by atoms with Crippen LogP contribution in [-0.2, 0) is 11.3 Å². The molecule has 0 spiro atoms. The third-order valence-electron chi connectivity index (χ3n) is 6.29. The average Bonchev–Trinajstić information content (AvgIpc) is 3.23. The number of amides is 2. The molecule has 2 atom stereocenters. The summed E-state index contributed by atoms with van der Waals surface area (Å²) >= 11 is 6.39. The predicted molar refractivity (Wildman–Crippen MR) is 147 cm³/mol. The molecule has 0 radical (unpaired) electrons. The van der Waals surface area contributed by atoms with Crippen molar-refractivity contribution < 1.29 is 14.7 Å². The number of halogens is 1.